The number of carbonyl (C=O) groups excluding carboxylic acids is 2. The second kappa shape index (κ2) is 11.2. The molecule has 1 unspecified atom stereocenters. The predicted molar refractivity (Wildman–Crippen MR) is 132 cm³/mol. The maximum absolute atomic E-state index is 12.9. The molecule has 2 aromatic rings. The molecular weight excluding hydrogens is 414 g/mol. The first-order chi connectivity index (χ1) is 16.1. The van der Waals surface area contributed by atoms with E-state index in [2.05, 4.69) is 29.3 Å². The van der Waals surface area contributed by atoms with Crippen molar-refractivity contribution < 1.29 is 14.3 Å². The Labute approximate surface area is 196 Å². The topological polar surface area (TPSA) is 61.9 Å². The zero-order chi connectivity index (χ0) is 23.0. The maximum atomic E-state index is 12.9. The summed E-state index contributed by atoms with van der Waals surface area (Å²) in [5, 5.41) is 3.05. The van der Waals surface area contributed by atoms with E-state index in [-0.39, 0.29) is 17.7 Å². The Morgan fingerprint density at radius 3 is 2.42 bits per heavy atom. The van der Waals surface area contributed by atoms with Crippen LogP contribution in [0.2, 0.25) is 0 Å². The molecule has 2 aliphatic heterocycles. The standard InChI is InChI=1S/C27H35N3O3/c1-21-13-17-29(18-14-21)24-11-9-23(10-12-24)28-27(32)22-6-5-16-30(20-22)26(31)15-19-33-25-7-3-2-4-8-25/h2-4,7-12,21-22H,5-6,13-20H2,1H3,(H,28,32). The van der Waals surface area contributed by atoms with E-state index < -0.39 is 0 Å². The Bertz CT molecular complexity index is 908. The monoisotopic (exact) mass is 449 g/mol. The quantitative estimate of drug-likeness (QED) is 0.673. The van der Waals surface area contributed by atoms with E-state index in [4.69, 9.17) is 4.74 Å². The Kier molecular flexibility index (Phi) is 7.87. The normalized spacial score (nSPS) is 19.2. The van der Waals surface area contributed by atoms with E-state index in [9.17, 15) is 9.59 Å². The summed E-state index contributed by atoms with van der Waals surface area (Å²) in [6.45, 7) is 6.02. The summed E-state index contributed by atoms with van der Waals surface area (Å²) in [4.78, 5) is 29.7. The van der Waals surface area contributed by atoms with Crippen LogP contribution in [0.15, 0.2) is 54.6 Å². The number of nitrogens with one attached hydrogen (secondary N) is 1. The van der Waals surface area contributed by atoms with Gasteiger partial charge in [-0.2, -0.15) is 0 Å². The number of carbonyl (C=O) groups is 2. The van der Waals surface area contributed by atoms with Crippen LogP contribution in [0, 0.1) is 11.8 Å². The van der Waals surface area contributed by atoms with Crippen molar-refractivity contribution in [2.24, 2.45) is 11.8 Å². The molecule has 2 amide bonds. The second-order valence-electron chi connectivity index (χ2n) is 9.30. The molecule has 0 saturated carbocycles. The number of para-hydroxylation sites is 1. The van der Waals surface area contributed by atoms with E-state index in [1.165, 1.54) is 18.5 Å². The molecule has 0 radical (unpaired) electrons. The van der Waals surface area contributed by atoms with Crippen molar-refractivity contribution in [1.82, 2.24) is 4.90 Å². The molecule has 0 bridgehead atoms. The SMILES string of the molecule is CC1CCN(c2ccc(NC(=O)C3CCCN(C(=O)CCOc4ccccc4)C3)cc2)CC1. The summed E-state index contributed by atoms with van der Waals surface area (Å²) in [7, 11) is 0. The Morgan fingerprint density at radius 1 is 0.970 bits per heavy atom. The highest BCUT2D eigenvalue weighted by Gasteiger charge is 2.28. The van der Waals surface area contributed by atoms with Gasteiger partial charge in [-0.15, -0.1) is 0 Å². The molecular formula is C27H35N3O3. The summed E-state index contributed by atoms with van der Waals surface area (Å²) >= 11 is 0. The van der Waals surface area contributed by atoms with Gasteiger partial charge in [0.05, 0.1) is 18.9 Å². The smallest absolute Gasteiger partial charge is 0.229 e. The van der Waals surface area contributed by atoms with Gasteiger partial charge in [0.1, 0.15) is 5.75 Å². The van der Waals surface area contributed by atoms with Gasteiger partial charge >= 0.3 is 0 Å². The second-order valence-corrected chi connectivity index (χ2v) is 9.30. The predicted octanol–water partition coefficient (Wildman–Crippen LogP) is 4.57. The third-order valence-corrected chi connectivity index (χ3v) is 6.76. The molecule has 33 heavy (non-hydrogen) atoms. The van der Waals surface area contributed by atoms with Crippen molar-refractivity contribution in [3.63, 3.8) is 0 Å². The molecule has 2 heterocycles. The van der Waals surface area contributed by atoms with Crippen molar-refractivity contribution in [1.29, 1.82) is 0 Å². The minimum absolute atomic E-state index is 0.00687. The fourth-order valence-corrected chi connectivity index (χ4v) is 4.62. The summed E-state index contributed by atoms with van der Waals surface area (Å²) in [5.74, 6) is 1.43. The summed E-state index contributed by atoms with van der Waals surface area (Å²) in [6.07, 6.45) is 4.43. The van der Waals surface area contributed by atoms with E-state index in [0.29, 0.717) is 26.1 Å². The van der Waals surface area contributed by atoms with Gasteiger partial charge in [0.15, 0.2) is 0 Å². The molecule has 0 aliphatic carbocycles. The summed E-state index contributed by atoms with van der Waals surface area (Å²) in [5.41, 5.74) is 2.03. The fraction of sp³-hybridized carbons (Fsp3) is 0.481. The van der Waals surface area contributed by atoms with Gasteiger partial charge in [-0.05, 0) is 68.0 Å². The average molecular weight is 450 g/mol. The number of rotatable bonds is 7. The lowest BCUT2D eigenvalue weighted by Gasteiger charge is -2.32. The van der Waals surface area contributed by atoms with Gasteiger partial charge in [0, 0.05) is 37.6 Å². The van der Waals surface area contributed by atoms with Gasteiger partial charge in [-0.3, -0.25) is 9.59 Å². The van der Waals surface area contributed by atoms with E-state index in [1.807, 2.05) is 47.4 Å². The molecule has 2 aliphatic rings. The molecule has 1 atom stereocenters. The van der Waals surface area contributed by atoms with Crippen molar-refractivity contribution in [3.8, 4) is 5.75 Å². The number of nitrogens with zero attached hydrogens (tertiary/aromatic N) is 2. The van der Waals surface area contributed by atoms with Crippen LogP contribution in [0.5, 0.6) is 5.75 Å². The van der Waals surface area contributed by atoms with Crippen LogP contribution in [0.4, 0.5) is 11.4 Å². The molecule has 2 aromatic carbocycles. The first kappa shape index (κ1) is 23.1. The fourth-order valence-electron chi connectivity index (χ4n) is 4.62. The summed E-state index contributed by atoms with van der Waals surface area (Å²) < 4.78 is 5.65. The highest BCUT2D eigenvalue weighted by atomic mass is 16.5. The number of amides is 2. The molecule has 0 spiro atoms. The van der Waals surface area contributed by atoms with E-state index in [1.54, 1.807) is 0 Å². The zero-order valence-corrected chi connectivity index (χ0v) is 19.5. The third kappa shape index (κ3) is 6.50. The van der Waals surface area contributed by atoms with Crippen LogP contribution in [-0.4, -0.2) is 49.5 Å². The lowest BCUT2D eigenvalue weighted by molar-refractivity contribution is -0.135. The average Bonchev–Trinajstić information content (AvgIpc) is 2.86. The number of hydrogen-bond acceptors (Lipinski definition) is 4. The zero-order valence-electron chi connectivity index (χ0n) is 19.5. The highest BCUT2D eigenvalue weighted by molar-refractivity contribution is 5.93. The van der Waals surface area contributed by atoms with Gasteiger partial charge in [-0.25, -0.2) is 0 Å². The molecule has 2 saturated heterocycles. The van der Waals surface area contributed by atoms with Gasteiger partial charge in [0.2, 0.25) is 11.8 Å². The van der Waals surface area contributed by atoms with Crippen molar-refractivity contribution >= 4 is 23.2 Å². The van der Waals surface area contributed by atoms with Crippen molar-refractivity contribution in [3.05, 3.63) is 54.6 Å². The first-order valence-electron chi connectivity index (χ1n) is 12.2. The molecule has 2 fully saturated rings. The molecule has 176 valence electrons. The number of anilines is 2. The molecule has 1 N–H and O–H groups in total. The summed E-state index contributed by atoms with van der Waals surface area (Å²) in [6, 6.07) is 17.7. The van der Waals surface area contributed by atoms with Crippen LogP contribution < -0.4 is 15.0 Å². The Balaban J connectivity index is 1.24. The van der Waals surface area contributed by atoms with E-state index >= 15 is 0 Å². The minimum atomic E-state index is -0.180. The van der Waals surface area contributed by atoms with Crippen molar-refractivity contribution in [2.75, 3.05) is 43.0 Å². The number of piperidine rings is 2. The number of likely N-dealkylation sites (tertiary alicyclic amines) is 1. The molecule has 0 aromatic heterocycles. The first-order valence-corrected chi connectivity index (χ1v) is 12.2. The number of ether oxygens (including phenoxy) is 1. The molecule has 6 heteroatoms. The molecule has 6 nitrogen and oxygen atoms in total. The molecule has 4 rings (SSSR count). The van der Waals surface area contributed by atoms with E-state index in [0.717, 1.165) is 43.3 Å². The highest BCUT2D eigenvalue weighted by Crippen LogP contribution is 2.25. The maximum Gasteiger partial charge on any atom is 0.229 e. The number of benzene rings is 2. The van der Waals surface area contributed by atoms with Gasteiger partial charge < -0.3 is 19.9 Å². The van der Waals surface area contributed by atoms with Gasteiger partial charge in [0.25, 0.3) is 0 Å². The Morgan fingerprint density at radius 2 is 1.70 bits per heavy atom. The third-order valence-electron chi connectivity index (χ3n) is 6.76. The van der Waals surface area contributed by atoms with Crippen LogP contribution in [0.3, 0.4) is 0 Å². The largest absolute Gasteiger partial charge is 0.493 e. The van der Waals surface area contributed by atoms with Crippen molar-refractivity contribution in [2.45, 2.75) is 39.0 Å². The lowest BCUT2D eigenvalue weighted by Crippen LogP contribution is -2.44. The lowest BCUT2D eigenvalue weighted by atomic mass is 9.96. The van der Waals surface area contributed by atoms with Gasteiger partial charge in [-0.1, -0.05) is 25.1 Å². The van der Waals surface area contributed by atoms with Crippen LogP contribution in [0.1, 0.15) is 39.0 Å². The van der Waals surface area contributed by atoms with Crippen LogP contribution >= 0.6 is 0 Å². The van der Waals surface area contributed by atoms with Crippen LogP contribution in [-0.2, 0) is 9.59 Å². The van der Waals surface area contributed by atoms with Crippen LogP contribution in [0.25, 0.3) is 0 Å². The Hall–Kier alpha value is -3.02. The minimum Gasteiger partial charge on any atom is -0.493 e. The number of hydrogen-bond donors (Lipinski definition) is 1.